The second-order valence-electron chi connectivity index (χ2n) is 9.31. The largest absolute Gasteiger partial charge is 0.487 e. The number of ether oxygens (including phenoxy) is 3. The minimum atomic E-state index is -0.403. The predicted molar refractivity (Wildman–Crippen MR) is 107 cm³/mol. The molecule has 0 fully saturated rings. The van der Waals surface area contributed by atoms with Crippen LogP contribution in [0.4, 0.5) is 0 Å². The average molecular weight is 386 g/mol. The first-order valence-corrected chi connectivity index (χ1v) is 9.77. The summed E-state index contributed by atoms with van der Waals surface area (Å²) in [5, 5.41) is 0. The fourth-order valence-electron chi connectivity index (χ4n) is 4.35. The smallest absolute Gasteiger partial charge is 0.333 e. The number of esters is 2. The number of benzene rings is 1. The Kier molecular flexibility index (Phi) is 5.07. The summed E-state index contributed by atoms with van der Waals surface area (Å²) in [5.74, 6) is 0.788. The van der Waals surface area contributed by atoms with E-state index in [2.05, 4.69) is 40.7 Å². The van der Waals surface area contributed by atoms with Gasteiger partial charge in [-0.3, -0.25) is 4.79 Å². The number of methoxy groups -OCH3 is 1. The Morgan fingerprint density at radius 3 is 2.46 bits per heavy atom. The van der Waals surface area contributed by atoms with Crippen LogP contribution in [0.15, 0.2) is 23.8 Å². The SMILES string of the molecule is COC(=O)C1=CCC2C(C1)c1c(OC(C)=O)cc(C(C)(C)C)cc1OC2(C)C. The zero-order valence-electron chi connectivity index (χ0n) is 17.8. The van der Waals surface area contributed by atoms with Crippen molar-refractivity contribution in [3.8, 4) is 11.5 Å². The summed E-state index contributed by atoms with van der Waals surface area (Å²) in [6.45, 7) is 11.9. The van der Waals surface area contributed by atoms with Crippen molar-refractivity contribution >= 4 is 11.9 Å². The van der Waals surface area contributed by atoms with E-state index in [4.69, 9.17) is 14.2 Å². The van der Waals surface area contributed by atoms with Gasteiger partial charge in [0.2, 0.25) is 0 Å². The average Bonchev–Trinajstić information content (AvgIpc) is 2.58. The summed E-state index contributed by atoms with van der Waals surface area (Å²) in [7, 11) is 1.40. The normalized spacial score (nSPS) is 22.9. The fourth-order valence-corrected chi connectivity index (χ4v) is 4.35. The molecule has 1 aliphatic heterocycles. The van der Waals surface area contributed by atoms with E-state index in [1.807, 2.05) is 12.1 Å². The van der Waals surface area contributed by atoms with Gasteiger partial charge < -0.3 is 14.2 Å². The van der Waals surface area contributed by atoms with Crippen molar-refractivity contribution in [1.82, 2.24) is 0 Å². The van der Waals surface area contributed by atoms with E-state index in [-0.39, 0.29) is 29.2 Å². The molecule has 2 atom stereocenters. The molecule has 5 heteroatoms. The van der Waals surface area contributed by atoms with Gasteiger partial charge in [0.1, 0.15) is 17.1 Å². The van der Waals surface area contributed by atoms with Crippen LogP contribution in [0.25, 0.3) is 0 Å². The van der Waals surface area contributed by atoms with Gasteiger partial charge in [0.05, 0.1) is 7.11 Å². The van der Waals surface area contributed by atoms with Gasteiger partial charge in [-0.15, -0.1) is 0 Å². The van der Waals surface area contributed by atoms with E-state index in [0.29, 0.717) is 24.2 Å². The van der Waals surface area contributed by atoms with E-state index in [1.54, 1.807) is 0 Å². The molecule has 0 radical (unpaired) electrons. The molecule has 152 valence electrons. The van der Waals surface area contributed by atoms with Crippen molar-refractivity contribution in [2.45, 2.75) is 71.3 Å². The van der Waals surface area contributed by atoms with Gasteiger partial charge in [-0.05, 0) is 49.8 Å². The van der Waals surface area contributed by atoms with Crippen molar-refractivity contribution < 1.29 is 23.8 Å². The number of carbonyl (C=O) groups excluding carboxylic acids is 2. The summed E-state index contributed by atoms with van der Waals surface area (Å²) < 4.78 is 17.0. The molecule has 0 amide bonds. The lowest BCUT2D eigenvalue weighted by Gasteiger charge is -2.47. The van der Waals surface area contributed by atoms with Crippen molar-refractivity contribution in [3.05, 3.63) is 34.9 Å². The number of allylic oxidation sites excluding steroid dienone is 1. The molecule has 5 nitrogen and oxygen atoms in total. The molecule has 0 N–H and O–H groups in total. The Balaban J connectivity index is 2.18. The van der Waals surface area contributed by atoms with Crippen molar-refractivity contribution in [2.75, 3.05) is 7.11 Å². The van der Waals surface area contributed by atoms with Gasteiger partial charge in [0.15, 0.2) is 0 Å². The minimum Gasteiger partial charge on any atom is -0.487 e. The van der Waals surface area contributed by atoms with Crippen LogP contribution < -0.4 is 9.47 Å². The second-order valence-corrected chi connectivity index (χ2v) is 9.31. The molecule has 1 heterocycles. The molecule has 0 aromatic heterocycles. The maximum Gasteiger partial charge on any atom is 0.333 e. The molecule has 1 aromatic rings. The Labute approximate surface area is 167 Å². The van der Waals surface area contributed by atoms with Crippen molar-refractivity contribution in [2.24, 2.45) is 5.92 Å². The Bertz CT molecular complexity index is 841. The number of rotatable bonds is 2. The lowest BCUT2D eigenvalue weighted by Crippen LogP contribution is -2.46. The first kappa shape index (κ1) is 20.4. The molecule has 28 heavy (non-hydrogen) atoms. The summed E-state index contributed by atoms with van der Waals surface area (Å²) in [6, 6.07) is 3.99. The Morgan fingerprint density at radius 2 is 1.89 bits per heavy atom. The van der Waals surface area contributed by atoms with Gasteiger partial charge in [-0.2, -0.15) is 0 Å². The monoisotopic (exact) mass is 386 g/mol. The summed E-state index contributed by atoms with van der Waals surface area (Å²) in [4.78, 5) is 24.0. The summed E-state index contributed by atoms with van der Waals surface area (Å²) in [6.07, 6.45) is 3.21. The van der Waals surface area contributed by atoms with Gasteiger partial charge in [-0.25, -0.2) is 4.79 Å². The van der Waals surface area contributed by atoms with Gasteiger partial charge in [0, 0.05) is 29.9 Å². The Morgan fingerprint density at radius 1 is 1.21 bits per heavy atom. The van der Waals surface area contributed by atoms with Crippen LogP contribution in [0.2, 0.25) is 0 Å². The van der Waals surface area contributed by atoms with Crippen LogP contribution in [0.3, 0.4) is 0 Å². The van der Waals surface area contributed by atoms with E-state index < -0.39 is 5.60 Å². The standard InChI is InChI=1S/C23H30O5/c1-13(24)27-18-11-15(22(2,3)4)12-19-20(18)16-10-14(21(25)26-7)8-9-17(16)23(5,6)28-19/h8,11-12,16-17H,9-10H2,1-7H3. The van der Waals surface area contributed by atoms with Crippen LogP contribution in [0.1, 0.15) is 71.4 Å². The van der Waals surface area contributed by atoms with Gasteiger partial charge in [-0.1, -0.05) is 26.8 Å². The number of hydrogen-bond donors (Lipinski definition) is 0. The third kappa shape index (κ3) is 3.67. The Hall–Kier alpha value is -2.30. The summed E-state index contributed by atoms with van der Waals surface area (Å²) >= 11 is 0. The molecule has 2 unspecified atom stereocenters. The van der Waals surface area contributed by atoms with Crippen LogP contribution in [0.5, 0.6) is 11.5 Å². The van der Waals surface area contributed by atoms with E-state index in [9.17, 15) is 9.59 Å². The number of fused-ring (bicyclic) bond motifs is 3. The molecular formula is C23H30O5. The third-order valence-corrected chi connectivity index (χ3v) is 5.85. The van der Waals surface area contributed by atoms with Crippen molar-refractivity contribution in [3.63, 3.8) is 0 Å². The fraction of sp³-hybridized carbons (Fsp3) is 0.565. The first-order chi connectivity index (χ1) is 12.9. The topological polar surface area (TPSA) is 61.8 Å². The lowest BCUT2D eigenvalue weighted by molar-refractivity contribution is -0.137. The maximum absolute atomic E-state index is 12.2. The number of carbonyl (C=O) groups is 2. The molecule has 3 rings (SSSR count). The summed E-state index contributed by atoms with van der Waals surface area (Å²) in [5.41, 5.74) is 2.05. The van der Waals surface area contributed by atoms with Crippen LogP contribution in [-0.2, 0) is 19.7 Å². The predicted octanol–water partition coefficient (Wildman–Crippen LogP) is 4.67. The van der Waals surface area contributed by atoms with Crippen LogP contribution >= 0.6 is 0 Å². The van der Waals surface area contributed by atoms with E-state index in [0.717, 1.165) is 16.9 Å². The molecule has 0 bridgehead atoms. The zero-order chi connectivity index (χ0) is 20.9. The quantitative estimate of drug-likeness (QED) is 0.546. The molecule has 2 aliphatic rings. The van der Waals surface area contributed by atoms with Crippen LogP contribution in [0, 0.1) is 5.92 Å². The highest BCUT2D eigenvalue weighted by Gasteiger charge is 2.47. The first-order valence-electron chi connectivity index (χ1n) is 9.77. The van der Waals surface area contributed by atoms with Crippen LogP contribution in [-0.4, -0.2) is 24.6 Å². The highest BCUT2D eigenvalue weighted by atomic mass is 16.5. The zero-order valence-corrected chi connectivity index (χ0v) is 17.8. The van der Waals surface area contributed by atoms with Gasteiger partial charge >= 0.3 is 11.9 Å². The minimum absolute atomic E-state index is 0.0150. The highest BCUT2D eigenvalue weighted by Crippen LogP contribution is 2.55. The van der Waals surface area contributed by atoms with E-state index in [1.165, 1.54) is 14.0 Å². The highest BCUT2D eigenvalue weighted by molar-refractivity contribution is 5.88. The molecule has 0 saturated heterocycles. The van der Waals surface area contributed by atoms with Gasteiger partial charge in [0.25, 0.3) is 0 Å². The molecule has 0 saturated carbocycles. The second kappa shape index (κ2) is 6.94. The molecule has 1 aromatic carbocycles. The van der Waals surface area contributed by atoms with Crippen molar-refractivity contribution in [1.29, 1.82) is 0 Å². The molecular weight excluding hydrogens is 356 g/mol. The number of hydrogen-bond acceptors (Lipinski definition) is 5. The molecule has 1 aliphatic carbocycles. The lowest BCUT2D eigenvalue weighted by atomic mass is 9.66. The molecule has 0 spiro atoms. The third-order valence-electron chi connectivity index (χ3n) is 5.85. The maximum atomic E-state index is 12.2. The van der Waals surface area contributed by atoms with E-state index >= 15 is 0 Å².